The minimum atomic E-state index is -0.223. The van der Waals surface area contributed by atoms with Gasteiger partial charge in [0.15, 0.2) is 5.96 Å². The molecule has 28 heavy (non-hydrogen) atoms. The van der Waals surface area contributed by atoms with Crippen LogP contribution in [-0.4, -0.2) is 74.5 Å². The van der Waals surface area contributed by atoms with Gasteiger partial charge in [-0.15, -0.1) is 0 Å². The fraction of sp³-hybridized carbons (Fsp3) is 0.619. The van der Waals surface area contributed by atoms with Crippen LogP contribution in [-0.2, 0) is 4.79 Å². The number of piperazine rings is 1. The lowest BCUT2D eigenvalue weighted by atomic mass is 10.00. The maximum absolute atomic E-state index is 13.1. The number of likely N-dealkylation sites (tertiary alicyclic amines) is 1. The molecule has 0 atom stereocenters. The molecule has 2 aliphatic heterocycles. The summed E-state index contributed by atoms with van der Waals surface area (Å²) in [5.41, 5.74) is 1.01. The molecule has 0 aromatic heterocycles. The highest BCUT2D eigenvalue weighted by atomic mass is 19.1. The molecule has 1 aromatic rings. The van der Waals surface area contributed by atoms with E-state index in [9.17, 15) is 9.18 Å². The molecule has 0 saturated carbocycles. The molecule has 0 radical (unpaired) electrons. The van der Waals surface area contributed by atoms with Crippen molar-refractivity contribution < 1.29 is 9.18 Å². The number of aliphatic imine (C=N–C) groups is 1. The van der Waals surface area contributed by atoms with Crippen LogP contribution in [0.5, 0.6) is 0 Å². The summed E-state index contributed by atoms with van der Waals surface area (Å²) in [7, 11) is 1.80. The van der Waals surface area contributed by atoms with Crippen molar-refractivity contribution in [1.29, 1.82) is 0 Å². The highest BCUT2D eigenvalue weighted by Crippen LogP contribution is 2.17. The summed E-state index contributed by atoms with van der Waals surface area (Å²) >= 11 is 0. The van der Waals surface area contributed by atoms with Gasteiger partial charge in [0.2, 0.25) is 5.91 Å². The number of nitrogens with zero attached hydrogens (tertiary/aromatic N) is 4. The monoisotopic (exact) mass is 389 g/mol. The fourth-order valence-electron chi connectivity index (χ4n) is 3.86. The zero-order valence-electron chi connectivity index (χ0n) is 17.0. The SMILES string of the molecule is CN=C(NCCC(=O)N1CCN(c2ccc(F)cc2)CC1)N1CCC(C)CC1. The number of hydrogen-bond acceptors (Lipinski definition) is 3. The van der Waals surface area contributed by atoms with Crippen LogP contribution in [0.3, 0.4) is 0 Å². The standard InChI is InChI=1S/C21H32FN5O/c1-17-8-11-27(12-9-17)21(23-2)24-10-7-20(28)26-15-13-25(14-16-26)19-5-3-18(22)4-6-19/h3-6,17H,7-16H2,1-2H3,(H,23,24). The maximum atomic E-state index is 13.1. The van der Waals surface area contributed by atoms with E-state index in [1.54, 1.807) is 19.2 Å². The average molecular weight is 390 g/mol. The number of amides is 1. The zero-order chi connectivity index (χ0) is 19.9. The molecule has 0 bridgehead atoms. The minimum absolute atomic E-state index is 0.175. The van der Waals surface area contributed by atoms with Gasteiger partial charge < -0.3 is 20.0 Å². The summed E-state index contributed by atoms with van der Waals surface area (Å²) < 4.78 is 13.1. The molecular formula is C21H32FN5O. The molecule has 2 saturated heterocycles. The second-order valence-corrected chi connectivity index (χ2v) is 7.74. The third-order valence-electron chi connectivity index (χ3n) is 5.74. The van der Waals surface area contributed by atoms with Crippen molar-refractivity contribution in [1.82, 2.24) is 15.1 Å². The van der Waals surface area contributed by atoms with Crippen molar-refractivity contribution in [2.45, 2.75) is 26.2 Å². The van der Waals surface area contributed by atoms with E-state index in [-0.39, 0.29) is 11.7 Å². The normalized spacial score (nSPS) is 19.1. The van der Waals surface area contributed by atoms with E-state index in [2.05, 4.69) is 27.0 Å². The van der Waals surface area contributed by atoms with Gasteiger partial charge in [-0.2, -0.15) is 0 Å². The predicted molar refractivity (Wildman–Crippen MR) is 111 cm³/mol. The molecule has 1 amide bonds. The summed E-state index contributed by atoms with van der Waals surface area (Å²) in [6, 6.07) is 6.55. The molecule has 2 aliphatic rings. The van der Waals surface area contributed by atoms with Gasteiger partial charge in [0.25, 0.3) is 0 Å². The number of benzene rings is 1. The lowest BCUT2D eigenvalue weighted by Crippen LogP contribution is -2.50. The Kier molecular flexibility index (Phi) is 7.12. The molecule has 3 rings (SSSR count). The third kappa shape index (κ3) is 5.36. The molecule has 2 heterocycles. The zero-order valence-corrected chi connectivity index (χ0v) is 17.0. The largest absolute Gasteiger partial charge is 0.368 e. The van der Waals surface area contributed by atoms with Gasteiger partial charge in [-0.05, 0) is 43.0 Å². The summed E-state index contributed by atoms with van der Waals surface area (Å²) in [5.74, 6) is 1.64. The Labute approximate surface area is 167 Å². The number of carbonyl (C=O) groups excluding carboxylic acids is 1. The van der Waals surface area contributed by atoms with Crippen LogP contribution in [0.25, 0.3) is 0 Å². The predicted octanol–water partition coefficient (Wildman–Crippen LogP) is 2.17. The van der Waals surface area contributed by atoms with Crippen molar-refractivity contribution >= 4 is 17.6 Å². The third-order valence-corrected chi connectivity index (χ3v) is 5.74. The van der Waals surface area contributed by atoms with Crippen molar-refractivity contribution in [2.75, 3.05) is 57.8 Å². The quantitative estimate of drug-likeness (QED) is 0.633. The number of rotatable bonds is 4. The van der Waals surface area contributed by atoms with Gasteiger partial charge >= 0.3 is 0 Å². The number of piperidine rings is 1. The highest BCUT2D eigenvalue weighted by molar-refractivity contribution is 5.81. The van der Waals surface area contributed by atoms with Crippen LogP contribution in [0.1, 0.15) is 26.2 Å². The van der Waals surface area contributed by atoms with Crippen LogP contribution in [0, 0.1) is 11.7 Å². The van der Waals surface area contributed by atoms with E-state index >= 15 is 0 Å². The van der Waals surface area contributed by atoms with Crippen LogP contribution in [0.4, 0.5) is 10.1 Å². The Bertz CT molecular complexity index is 662. The summed E-state index contributed by atoms with van der Waals surface area (Å²) in [4.78, 5) is 23.3. The molecule has 1 N–H and O–H groups in total. The van der Waals surface area contributed by atoms with Gasteiger partial charge in [-0.3, -0.25) is 9.79 Å². The topological polar surface area (TPSA) is 51.2 Å². The molecule has 7 heteroatoms. The second-order valence-electron chi connectivity index (χ2n) is 7.74. The molecule has 1 aromatic carbocycles. The Balaban J connectivity index is 1.39. The molecular weight excluding hydrogens is 357 g/mol. The maximum Gasteiger partial charge on any atom is 0.224 e. The molecule has 0 spiro atoms. The van der Waals surface area contributed by atoms with Crippen LogP contribution in [0.15, 0.2) is 29.3 Å². The van der Waals surface area contributed by atoms with Crippen LogP contribution < -0.4 is 10.2 Å². The number of halogens is 1. The van der Waals surface area contributed by atoms with Crippen LogP contribution >= 0.6 is 0 Å². The number of guanidine groups is 1. The molecule has 6 nitrogen and oxygen atoms in total. The van der Waals surface area contributed by atoms with Gasteiger partial charge in [-0.1, -0.05) is 6.92 Å². The Morgan fingerprint density at radius 3 is 2.32 bits per heavy atom. The van der Waals surface area contributed by atoms with Gasteiger partial charge in [0.05, 0.1) is 0 Å². The molecule has 2 fully saturated rings. The molecule has 0 unspecified atom stereocenters. The molecule has 0 aliphatic carbocycles. The first-order valence-corrected chi connectivity index (χ1v) is 10.3. The Hall–Kier alpha value is -2.31. The van der Waals surface area contributed by atoms with Crippen molar-refractivity contribution in [3.8, 4) is 0 Å². The van der Waals surface area contributed by atoms with E-state index in [1.807, 2.05) is 4.90 Å². The highest BCUT2D eigenvalue weighted by Gasteiger charge is 2.22. The average Bonchev–Trinajstić information content (AvgIpc) is 2.73. The Morgan fingerprint density at radius 1 is 1.07 bits per heavy atom. The first kappa shape index (κ1) is 20.4. The summed E-state index contributed by atoms with van der Waals surface area (Å²) in [6.45, 7) is 7.92. The van der Waals surface area contributed by atoms with Gasteiger partial charge in [-0.25, -0.2) is 4.39 Å². The van der Waals surface area contributed by atoms with E-state index < -0.39 is 0 Å². The number of anilines is 1. The van der Waals surface area contributed by atoms with E-state index in [4.69, 9.17) is 0 Å². The number of carbonyl (C=O) groups is 1. The van der Waals surface area contributed by atoms with Crippen LogP contribution in [0.2, 0.25) is 0 Å². The summed E-state index contributed by atoms with van der Waals surface area (Å²) in [6.07, 6.45) is 2.86. The van der Waals surface area contributed by atoms with Gasteiger partial charge in [0.1, 0.15) is 5.82 Å². The number of hydrogen-bond donors (Lipinski definition) is 1. The van der Waals surface area contributed by atoms with E-state index in [0.717, 1.165) is 43.7 Å². The van der Waals surface area contributed by atoms with Gasteiger partial charge in [0, 0.05) is 65.0 Å². The number of nitrogens with one attached hydrogen (secondary N) is 1. The molecule has 154 valence electrons. The fourth-order valence-corrected chi connectivity index (χ4v) is 3.86. The lowest BCUT2D eigenvalue weighted by molar-refractivity contribution is -0.131. The lowest BCUT2D eigenvalue weighted by Gasteiger charge is -2.36. The van der Waals surface area contributed by atoms with Crippen molar-refractivity contribution in [2.24, 2.45) is 10.9 Å². The Morgan fingerprint density at radius 2 is 1.71 bits per heavy atom. The second kappa shape index (κ2) is 9.75. The minimum Gasteiger partial charge on any atom is -0.368 e. The van der Waals surface area contributed by atoms with E-state index in [0.29, 0.717) is 26.1 Å². The summed E-state index contributed by atoms with van der Waals surface area (Å²) in [5, 5.41) is 3.35. The smallest absolute Gasteiger partial charge is 0.224 e. The van der Waals surface area contributed by atoms with Crippen molar-refractivity contribution in [3.05, 3.63) is 30.1 Å². The first-order valence-electron chi connectivity index (χ1n) is 10.3. The first-order chi connectivity index (χ1) is 13.6. The van der Waals surface area contributed by atoms with Crippen molar-refractivity contribution in [3.63, 3.8) is 0 Å². The van der Waals surface area contributed by atoms with E-state index in [1.165, 1.54) is 25.0 Å².